The van der Waals surface area contributed by atoms with Crippen molar-refractivity contribution >= 4 is 21.7 Å². The topological polar surface area (TPSA) is 75.2 Å². The lowest BCUT2D eigenvalue weighted by atomic mass is 10.1. The van der Waals surface area contributed by atoms with E-state index in [-0.39, 0.29) is 4.90 Å². The molecular formula is C21H22N4O2S. The van der Waals surface area contributed by atoms with E-state index in [9.17, 15) is 8.42 Å². The van der Waals surface area contributed by atoms with Gasteiger partial charge in [-0.1, -0.05) is 42.5 Å². The van der Waals surface area contributed by atoms with Crippen molar-refractivity contribution in [2.75, 3.05) is 22.7 Å². The molecule has 144 valence electrons. The molecule has 1 aliphatic rings. The van der Waals surface area contributed by atoms with Gasteiger partial charge in [0.05, 0.1) is 23.0 Å². The van der Waals surface area contributed by atoms with Crippen LogP contribution in [0.4, 0.5) is 11.6 Å². The molecule has 0 radical (unpaired) electrons. The summed E-state index contributed by atoms with van der Waals surface area (Å²) in [7, 11) is -3.69. The van der Waals surface area contributed by atoms with Crippen molar-refractivity contribution in [1.29, 1.82) is 0 Å². The Bertz CT molecular complexity index is 1010. The summed E-state index contributed by atoms with van der Waals surface area (Å²) in [6, 6.07) is 16.7. The van der Waals surface area contributed by atoms with Crippen molar-refractivity contribution in [3.63, 3.8) is 0 Å². The first-order chi connectivity index (χ1) is 13.6. The third-order valence-corrected chi connectivity index (χ3v) is 6.20. The lowest BCUT2D eigenvalue weighted by Gasteiger charge is -2.26. The molecule has 0 aliphatic carbocycles. The molecule has 0 amide bonds. The van der Waals surface area contributed by atoms with Crippen molar-refractivity contribution < 1.29 is 8.42 Å². The third-order valence-electron chi connectivity index (χ3n) is 4.80. The van der Waals surface area contributed by atoms with Gasteiger partial charge in [0.2, 0.25) is 5.95 Å². The number of aromatic nitrogens is 2. The third kappa shape index (κ3) is 4.14. The molecule has 3 aromatic rings. The molecule has 2 aromatic carbocycles. The van der Waals surface area contributed by atoms with Gasteiger partial charge in [-0.2, -0.15) is 0 Å². The van der Waals surface area contributed by atoms with E-state index < -0.39 is 10.0 Å². The van der Waals surface area contributed by atoms with E-state index in [1.807, 2.05) is 30.3 Å². The second-order valence-corrected chi connectivity index (χ2v) is 8.50. The number of anilines is 2. The molecular weight excluding hydrogens is 372 g/mol. The molecule has 4 rings (SSSR count). The molecule has 7 heteroatoms. The van der Waals surface area contributed by atoms with Crippen molar-refractivity contribution in [2.24, 2.45) is 0 Å². The number of hydrogen-bond donors (Lipinski definition) is 1. The average Bonchev–Trinajstić information content (AvgIpc) is 2.75. The Morgan fingerprint density at radius 1 is 0.786 bits per heavy atom. The lowest BCUT2D eigenvalue weighted by Crippen LogP contribution is -2.30. The van der Waals surface area contributed by atoms with E-state index in [0.717, 1.165) is 37.1 Å². The van der Waals surface area contributed by atoms with Crippen LogP contribution in [0.5, 0.6) is 0 Å². The maximum Gasteiger partial charge on any atom is 0.261 e. The van der Waals surface area contributed by atoms with E-state index in [4.69, 9.17) is 0 Å². The first-order valence-corrected chi connectivity index (χ1v) is 10.9. The van der Waals surface area contributed by atoms with Crippen LogP contribution in [0.2, 0.25) is 0 Å². The number of rotatable bonds is 5. The van der Waals surface area contributed by atoms with Gasteiger partial charge < -0.3 is 4.90 Å². The summed E-state index contributed by atoms with van der Waals surface area (Å²) < 4.78 is 27.9. The number of sulfonamides is 1. The van der Waals surface area contributed by atoms with Gasteiger partial charge in [0.1, 0.15) is 0 Å². The Morgan fingerprint density at radius 3 is 2.04 bits per heavy atom. The van der Waals surface area contributed by atoms with Crippen LogP contribution >= 0.6 is 0 Å². The Morgan fingerprint density at radius 2 is 1.39 bits per heavy atom. The Labute approximate surface area is 165 Å². The first-order valence-electron chi connectivity index (χ1n) is 9.37. The zero-order valence-corrected chi connectivity index (χ0v) is 16.3. The van der Waals surface area contributed by atoms with E-state index in [1.165, 1.54) is 18.8 Å². The molecule has 0 unspecified atom stereocenters. The molecule has 6 nitrogen and oxygen atoms in total. The van der Waals surface area contributed by atoms with Crippen molar-refractivity contribution in [3.05, 3.63) is 67.0 Å². The lowest BCUT2D eigenvalue weighted by molar-refractivity contribution is 0.568. The van der Waals surface area contributed by atoms with Crippen molar-refractivity contribution in [1.82, 2.24) is 9.97 Å². The molecule has 0 spiro atoms. The molecule has 1 fully saturated rings. The number of hydrogen-bond acceptors (Lipinski definition) is 5. The van der Waals surface area contributed by atoms with Gasteiger partial charge in [0.15, 0.2) is 0 Å². The van der Waals surface area contributed by atoms with Gasteiger partial charge in [-0.25, -0.2) is 18.4 Å². The molecule has 28 heavy (non-hydrogen) atoms. The maximum atomic E-state index is 12.7. The van der Waals surface area contributed by atoms with Crippen LogP contribution in [0.15, 0.2) is 71.9 Å². The second kappa shape index (κ2) is 7.98. The van der Waals surface area contributed by atoms with Gasteiger partial charge in [0, 0.05) is 13.1 Å². The van der Waals surface area contributed by atoms with E-state index in [0.29, 0.717) is 11.6 Å². The number of piperidine rings is 1. The second-order valence-electron chi connectivity index (χ2n) is 6.82. The van der Waals surface area contributed by atoms with Gasteiger partial charge in [-0.05, 0) is 42.5 Å². The van der Waals surface area contributed by atoms with Crippen molar-refractivity contribution in [2.45, 2.75) is 24.2 Å². The van der Waals surface area contributed by atoms with Crippen LogP contribution in [-0.2, 0) is 10.0 Å². The van der Waals surface area contributed by atoms with Gasteiger partial charge >= 0.3 is 0 Å². The largest absolute Gasteiger partial charge is 0.341 e. The van der Waals surface area contributed by atoms with Gasteiger partial charge in [-0.15, -0.1) is 0 Å². The molecule has 1 aromatic heterocycles. The minimum Gasteiger partial charge on any atom is -0.341 e. The predicted octanol–water partition coefficient (Wildman–Crippen LogP) is 3.93. The summed E-state index contributed by atoms with van der Waals surface area (Å²) in [4.78, 5) is 11.0. The minimum atomic E-state index is -3.69. The highest BCUT2D eigenvalue weighted by molar-refractivity contribution is 7.92. The average molecular weight is 394 g/mol. The molecule has 2 heterocycles. The molecule has 1 aliphatic heterocycles. The summed E-state index contributed by atoms with van der Waals surface area (Å²) in [5, 5.41) is 0. The van der Waals surface area contributed by atoms with Crippen LogP contribution in [0.25, 0.3) is 11.1 Å². The number of nitrogens with one attached hydrogen (secondary N) is 1. The fourth-order valence-corrected chi connectivity index (χ4v) is 4.33. The summed E-state index contributed by atoms with van der Waals surface area (Å²) in [6.45, 7) is 1.89. The quantitative estimate of drug-likeness (QED) is 0.709. The molecule has 0 atom stereocenters. The Hall–Kier alpha value is -2.93. The highest BCUT2D eigenvalue weighted by atomic mass is 32.2. The van der Waals surface area contributed by atoms with Crippen LogP contribution in [0.3, 0.4) is 0 Å². The van der Waals surface area contributed by atoms with E-state index in [2.05, 4.69) is 19.6 Å². The summed E-state index contributed by atoms with van der Waals surface area (Å²) in [5.41, 5.74) is 2.36. The molecule has 0 bridgehead atoms. The highest BCUT2D eigenvalue weighted by Crippen LogP contribution is 2.23. The monoisotopic (exact) mass is 394 g/mol. The molecule has 0 saturated carbocycles. The SMILES string of the molecule is O=S(=O)(Nc1cnc(N2CCCCC2)nc1)c1ccc(-c2ccccc2)cc1. The Balaban J connectivity index is 1.48. The van der Waals surface area contributed by atoms with Crippen LogP contribution in [-0.4, -0.2) is 31.5 Å². The molecule has 1 N–H and O–H groups in total. The zero-order valence-electron chi connectivity index (χ0n) is 15.5. The smallest absolute Gasteiger partial charge is 0.261 e. The van der Waals surface area contributed by atoms with Crippen LogP contribution < -0.4 is 9.62 Å². The zero-order chi connectivity index (χ0) is 19.4. The van der Waals surface area contributed by atoms with Gasteiger partial charge in [-0.3, -0.25) is 4.72 Å². The fraction of sp³-hybridized carbons (Fsp3) is 0.238. The highest BCUT2D eigenvalue weighted by Gasteiger charge is 2.16. The summed E-state index contributed by atoms with van der Waals surface area (Å²) in [6.07, 6.45) is 6.55. The number of benzene rings is 2. The van der Waals surface area contributed by atoms with Crippen molar-refractivity contribution in [3.8, 4) is 11.1 Å². The summed E-state index contributed by atoms with van der Waals surface area (Å²) >= 11 is 0. The van der Waals surface area contributed by atoms with E-state index >= 15 is 0 Å². The number of nitrogens with zero attached hydrogens (tertiary/aromatic N) is 3. The standard InChI is InChI=1S/C21H22N4O2S/c26-28(27,20-11-9-18(10-12-20)17-7-3-1-4-8-17)24-19-15-22-21(23-16-19)25-13-5-2-6-14-25/h1,3-4,7-12,15-16,24H,2,5-6,13-14H2. The normalized spacial score (nSPS) is 14.6. The minimum absolute atomic E-state index is 0.201. The van der Waals surface area contributed by atoms with Gasteiger partial charge in [0.25, 0.3) is 10.0 Å². The Kier molecular flexibility index (Phi) is 5.25. The predicted molar refractivity (Wildman–Crippen MR) is 111 cm³/mol. The first kappa shape index (κ1) is 18.4. The molecule has 1 saturated heterocycles. The van der Waals surface area contributed by atoms with E-state index in [1.54, 1.807) is 24.3 Å². The van der Waals surface area contributed by atoms with Crippen LogP contribution in [0.1, 0.15) is 19.3 Å². The fourth-order valence-electron chi connectivity index (χ4n) is 3.30. The maximum absolute atomic E-state index is 12.7. The van der Waals surface area contributed by atoms with Crippen LogP contribution in [0, 0.1) is 0 Å². The summed E-state index contributed by atoms with van der Waals surface area (Å²) in [5.74, 6) is 0.648.